The van der Waals surface area contributed by atoms with Crippen molar-refractivity contribution in [2.24, 2.45) is 0 Å². The number of aliphatic hydroxyl groups is 2. The second kappa shape index (κ2) is 13.0. The van der Waals surface area contributed by atoms with Crippen molar-refractivity contribution >= 4 is 11.9 Å². The van der Waals surface area contributed by atoms with Crippen molar-refractivity contribution in [3.05, 3.63) is 23.3 Å². The third-order valence-electron chi connectivity index (χ3n) is 3.99. The Balaban J connectivity index is 2.68. The fraction of sp³-hybridized carbons (Fsp3) is 0.600. The van der Waals surface area contributed by atoms with E-state index in [2.05, 4.69) is 0 Å². The van der Waals surface area contributed by atoms with Crippen molar-refractivity contribution in [3.8, 4) is 11.5 Å². The van der Waals surface area contributed by atoms with E-state index in [0.717, 1.165) is 11.1 Å². The molecule has 0 spiro atoms. The molecule has 8 heteroatoms. The predicted molar refractivity (Wildman–Crippen MR) is 101 cm³/mol. The standard InChI is InChI=1S/C20H30O8/c1-14(22)28-20(24)9-5-7-16-13-17(25-2)15(12-18(16)26-3)6-4-8-19(23)27-11-10-21/h12-14,21-22H,4-11H2,1-3H3. The minimum absolute atomic E-state index is 0.00936. The number of aryl methyl sites for hydroxylation is 2. The van der Waals surface area contributed by atoms with Gasteiger partial charge in [-0.25, -0.2) is 0 Å². The topological polar surface area (TPSA) is 112 Å². The van der Waals surface area contributed by atoms with Gasteiger partial charge in [-0.15, -0.1) is 0 Å². The summed E-state index contributed by atoms with van der Waals surface area (Å²) in [4.78, 5) is 23.0. The Morgan fingerprint density at radius 3 is 1.89 bits per heavy atom. The maximum Gasteiger partial charge on any atom is 0.308 e. The lowest BCUT2D eigenvalue weighted by Gasteiger charge is -2.15. The average Bonchev–Trinajstić information content (AvgIpc) is 2.66. The van der Waals surface area contributed by atoms with Gasteiger partial charge in [0.2, 0.25) is 0 Å². The van der Waals surface area contributed by atoms with Crippen LogP contribution in [0.3, 0.4) is 0 Å². The molecule has 1 rings (SSSR count). The van der Waals surface area contributed by atoms with Crippen LogP contribution in [-0.4, -0.2) is 55.9 Å². The van der Waals surface area contributed by atoms with Gasteiger partial charge in [0.15, 0.2) is 6.29 Å². The fourth-order valence-electron chi connectivity index (χ4n) is 2.74. The molecular weight excluding hydrogens is 368 g/mol. The van der Waals surface area contributed by atoms with Gasteiger partial charge in [-0.05, 0) is 55.9 Å². The molecule has 0 aliphatic heterocycles. The van der Waals surface area contributed by atoms with Crippen molar-refractivity contribution in [2.45, 2.75) is 51.7 Å². The summed E-state index contributed by atoms with van der Waals surface area (Å²) in [5.74, 6) is 0.569. The molecule has 0 aliphatic rings. The number of methoxy groups -OCH3 is 2. The number of hydrogen-bond acceptors (Lipinski definition) is 8. The van der Waals surface area contributed by atoms with E-state index in [9.17, 15) is 9.59 Å². The molecule has 28 heavy (non-hydrogen) atoms. The summed E-state index contributed by atoms with van der Waals surface area (Å²) in [5.41, 5.74) is 1.81. The number of rotatable bonds is 13. The Hall–Kier alpha value is -2.32. The van der Waals surface area contributed by atoms with Crippen LogP contribution in [-0.2, 0) is 31.9 Å². The molecular formula is C20H30O8. The second-order valence-electron chi connectivity index (χ2n) is 6.22. The van der Waals surface area contributed by atoms with Gasteiger partial charge in [0.1, 0.15) is 18.1 Å². The van der Waals surface area contributed by atoms with Gasteiger partial charge < -0.3 is 29.2 Å². The van der Waals surface area contributed by atoms with Crippen molar-refractivity contribution in [2.75, 3.05) is 27.4 Å². The van der Waals surface area contributed by atoms with E-state index in [1.165, 1.54) is 6.92 Å². The van der Waals surface area contributed by atoms with Gasteiger partial charge >= 0.3 is 11.9 Å². The highest BCUT2D eigenvalue weighted by atomic mass is 16.6. The molecule has 1 aromatic carbocycles. The SMILES string of the molecule is COc1cc(CCCC(=O)OC(C)O)c(OC)cc1CCCC(=O)OCCO. The van der Waals surface area contributed by atoms with E-state index in [0.29, 0.717) is 37.2 Å². The lowest BCUT2D eigenvalue weighted by molar-refractivity contribution is -0.164. The first-order chi connectivity index (χ1) is 13.4. The van der Waals surface area contributed by atoms with Crippen LogP contribution < -0.4 is 9.47 Å². The molecule has 0 aromatic heterocycles. The fourth-order valence-corrected chi connectivity index (χ4v) is 2.74. The van der Waals surface area contributed by atoms with Crippen LogP contribution in [0.4, 0.5) is 0 Å². The Kier molecular flexibility index (Phi) is 11.0. The number of aliphatic hydroxyl groups excluding tert-OH is 2. The number of ether oxygens (including phenoxy) is 4. The zero-order chi connectivity index (χ0) is 20.9. The van der Waals surface area contributed by atoms with Crippen LogP contribution >= 0.6 is 0 Å². The maximum absolute atomic E-state index is 11.5. The Bertz CT molecular complexity index is 627. The average molecular weight is 398 g/mol. The first kappa shape index (κ1) is 23.7. The Labute approximate surface area is 165 Å². The number of benzene rings is 1. The number of esters is 2. The van der Waals surface area contributed by atoms with Crippen molar-refractivity contribution < 1.29 is 38.7 Å². The zero-order valence-electron chi connectivity index (χ0n) is 16.7. The van der Waals surface area contributed by atoms with Crippen molar-refractivity contribution in [3.63, 3.8) is 0 Å². The van der Waals surface area contributed by atoms with Crippen LogP contribution in [0.5, 0.6) is 11.5 Å². The van der Waals surface area contributed by atoms with E-state index in [4.69, 9.17) is 29.2 Å². The monoisotopic (exact) mass is 398 g/mol. The van der Waals surface area contributed by atoms with Crippen LogP contribution in [0.1, 0.15) is 43.7 Å². The minimum Gasteiger partial charge on any atom is -0.496 e. The lowest BCUT2D eigenvalue weighted by Crippen LogP contribution is -2.13. The molecule has 0 saturated carbocycles. The number of carbonyl (C=O) groups is 2. The molecule has 0 bridgehead atoms. The summed E-state index contributed by atoms with van der Waals surface area (Å²) in [5, 5.41) is 17.7. The molecule has 2 N–H and O–H groups in total. The molecule has 0 aliphatic carbocycles. The third kappa shape index (κ3) is 8.58. The molecule has 8 nitrogen and oxygen atoms in total. The highest BCUT2D eigenvalue weighted by Gasteiger charge is 2.13. The molecule has 0 fully saturated rings. The molecule has 0 amide bonds. The van der Waals surface area contributed by atoms with E-state index in [-0.39, 0.29) is 32.0 Å². The zero-order valence-corrected chi connectivity index (χ0v) is 16.7. The highest BCUT2D eigenvalue weighted by Crippen LogP contribution is 2.31. The lowest BCUT2D eigenvalue weighted by atomic mass is 10.0. The summed E-state index contributed by atoms with van der Waals surface area (Å²) in [6.45, 7) is 1.21. The van der Waals surface area contributed by atoms with Gasteiger partial charge in [0.05, 0.1) is 20.8 Å². The molecule has 1 unspecified atom stereocenters. The van der Waals surface area contributed by atoms with Gasteiger partial charge in [-0.2, -0.15) is 0 Å². The maximum atomic E-state index is 11.5. The normalized spacial score (nSPS) is 11.6. The smallest absolute Gasteiger partial charge is 0.308 e. The summed E-state index contributed by atoms with van der Waals surface area (Å²) in [7, 11) is 3.15. The Morgan fingerprint density at radius 2 is 1.46 bits per heavy atom. The minimum atomic E-state index is -1.11. The van der Waals surface area contributed by atoms with E-state index in [1.54, 1.807) is 14.2 Å². The largest absolute Gasteiger partial charge is 0.496 e. The second-order valence-corrected chi connectivity index (χ2v) is 6.22. The summed E-state index contributed by atoms with van der Waals surface area (Å²) in [6.07, 6.45) is 1.64. The first-order valence-corrected chi connectivity index (χ1v) is 9.29. The van der Waals surface area contributed by atoms with Crippen LogP contribution in [0.2, 0.25) is 0 Å². The van der Waals surface area contributed by atoms with Crippen LogP contribution in [0.25, 0.3) is 0 Å². The van der Waals surface area contributed by atoms with Gasteiger partial charge in [-0.1, -0.05) is 0 Å². The number of hydrogen-bond donors (Lipinski definition) is 2. The van der Waals surface area contributed by atoms with Crippen LogP contribution in [0, 0.1) is 0 Å². The van der Waals surface area contributed by atoms with Gasteiger partial charge in [0, 0.05) is 12.8 Å². The molecule has 0 radical (unpaired) electrons. The van der Waals surface area contributed by atoms with E-state index >= 15 is 0 Å². The van der Waals surface area contributed by atoms with Gasteiger partial charge in [-0.3, -0.25) is 9.59 Å². The Morgan fingerprint density at radius 1 is 0.964 bits per heavy atom. The molecule has 158 valence electrons. The molecule has 1 aromatic rings. The molecule has 0 heterocycles. The summed E-state index contributed by atoms with van der Waals surface area (Å²) >= 11 is 0. The highest BCUT2D eigenvalue weighted by molar-refractivity contribution is 5.69. The van der Waals surface area contributed by atoms with E-state index < -0.39 is 12.3 Å². The van der Waals surface area contributed by atoms with Crippen LogP contribution in [0.15, 0.2) is 12.1 Å². The predicted octanol–water partition coefficient (Wildman–Crippen LogP) is 1.77. The third-order valence-corrected chi connectivity index (χ3v) is 3.99. The van der Waals surface area contributed by atoms with Crippen molar-refractivity contribution in [1.82, 2.24) is 0 Å². The summed E-state index contributed by atoms with van der Waals surface area (Å²) < 4.78 is 20.5. The van der Waals surface area contributed by atoms with E-state index in [1.807, 2.05) is 12.1 Å². The first-order valence-electron chi connectivity index (χ1n) is 9.29. The van der Waals surface area contributed by atoms with Gasteiger partial charge in [0.25, 0.3) is 0 Å². The quantitative estimate of drug-likeness (QED) is 0.382. The summed E-state index contributed by atoms with van der Waals surface area (Å²) in [6, 6.07) is 3.75. The molecule has 0 saturated heterocycles. The van der Waals surface area contributed by atoms with Crippen molar-refractivity contribution in [1.29, 1.82) is 0 Å². The number of carbonyl (C=O) groups excluding carboxylic acids is 2. The molecule has 1 atom stereocenters.